The van der Waals surface area contributed by atoms with Gasteiger partial charge in [0.25, 0.3) is 5.82 Å². The van der Waals surface area contributed by atoms with E-state index in [2.05, 4.69) is 40.9 Å². The number of anilines is 1. The van der Waals surface area contributed by atoms with Crippen LogP contribution < -0.4 is 9.47 Å². The van der Waals surface area contributed by atoms with Crippen LogP contribution in [0.4, 0.5) is 5.82 Å². The zero-order valence-electron chi connectivity index (χ0n) is 8.24. The SMILES string of the molecule is C[n+]1ccccc1N1CCCCC1. The maximum absolute atomic E-state index is 2.48. The summed E-state index contributed by atoms with van der Waals surface area (Å²) in [5.41, 5.74) is 0. The molecule has 1 fully saturated rings. The fourth-order valence-electron chi connectivity index (χ4n) is 1.97. The first-order valence-corrected chi connectivity index (χ1v) is 5.07. The second kappa shape index (κ2) is 3.77. The maximum Gasteiger partial charge on any atom is 0.276 e. The summed E-state index contributed by atoms with van der Waals surface area (Å²) in [6.45, 7) is 2.44. The van der Waals surface area contributed by atoms with Crippen molar-refractivity contribution < 1.29 is 4.57 Å². The van der Waals surface area contributed by atoms with Crippen LogP contribution in [0.15, 0.2) is 24.4 Å². The molecule has 0 aliphatic carbocycles. The van der Waals surface area contributed by atoms with Crippen molar-refractivity contribution in [2.24, 2.45) is 7.05 Å². The van der Waals surface area contributed by atoms with Crippen LogP contribution in [0.5, 0.6) is 0 Å². The van der Waals surface area contributed by atoms with Crippen molar-refractivity contribution >= 4 is 5.82 Å². The van der Waals surface area contributed by atoms with Gasteiger partial charge < -0.3 is 0 Å². The van der Waals surface area contributed by atoms with E-state index in [0.29, 0.717) is 0 Å². The normalized spacial score (nSPS) is 17.5. The maximum atomic E-state index is 2.48. The Bertz CT molecular complexity index is 277. The van der Waals surface area contributed by atoms with Crippen molar-refractivity contribution in [3.05, 3.63) is 24.4 Å². The summed E-state index contributed by atoms with van der Waals surface area (Å²) < 4.78 is 2.20. The molecule has 1 aromatic heterocycles. The minimum atomic E-state index is 1.22. The molecule has 2 nitrogen and oxygen atoms in total. The van der Waals surface area contributed by atoms with Crippen LogP contribution in [0.3, 0.4) is 0 Å². The lowest BCUT2D eigenvalue weighted by molar-refractivity contribution is -0.659. The fourth-order valence-corrected chi connectivity index (χ4v) is 1.97. The first-order valence-electron chi connectivity index (χ1n) is 5.07. The van der Waals surface area contributed by atoms with Crippen molar-refractivity contribution in [2.75, 3.05) is 18.0 Å². The lowest BCUT2D eigenvalue weighted by Crippen LogP contribution is -2.41. The van der Waals surface area contributed by atoms with Gasteiger partial charge in [-0.2, -0.15) is 0 Å². The smallest absolute Gasteiger partial charge is 0.262 e. The number of pyridine rings is 1. The summed E-state index contributed by atoms with van der Waals surface area (Å²) in [6.07, 6.45) is 6.20. The van der Waals surface area contributed by atoms with Crippen LogP contribution in [0.25, 0.3) is 0 Å². The van der Waals surface area contributed by atoms with Gasteiger partial charge in [-0.25, -0.2) is 4.57 Å². The Morgan fingerprint density at radius 2 is 1.92 bits per heavy atom. The van der Waals surface area contributed by atoms with Crippen molar-refractivity contribution in [3.63, 3.8) is 0 Å². The van der Waals surface area contributed by atoms with E-state index < -0.39 is 0 Å². The lowest BCUT2D eigenvalue weighted by Gasteiger charge is -2.22. The fraction of sp³-hybridized carbons (Fsp3) is 0.545. The number of aromatic nitrogens is 1. The molecule has 0 spiro atoms. The molecule has 0 atom stereocenters. The summed E-state index contributed by atoms with van der Waals surface area (Å²) in [5, 5.41) is 0. The quantitative estimate of drug-likeness (QED) is 0.590. The molecule has 1 saturated heterocycles. The van der Waals surface area contributed by atoms with Gasteiger partial charge in [0.2, 0.25) is 0 Å². The molecule has 1 aliphatic heterocycles. The van der Waals surface area contributed by atoms with E-state index in [9.17, 15) is 0 Å². The van der Waals surface area contributed by atoms with E-state index in [1.807, 2.05) is 0 Å². The Kier molecular flexibility index (Phi) is 2.48. The first kappa shape index (κ1) is 8.54. The van der Waals surface area contributed by atoms with Crippen molar-refractivity contribution in [1.82, 2.24) is 0 Å². The van der Waals surface area contributed by atoms with Crippen LogP contribution in [0, 0.1) is 0 Å². The summed E-state index contributed by atoms with van der Waals surface area (Å²) in [6, 6.07) is 6.39. The van der Waals surface area contributed by atoms with Gasteiger partial charge in [0.05, 0.1) is 26.3 Å². The van der Waals surface area contributed by atoms with Crippen LogP contribution >= 0.6 is 0 Å². The minimum Gasteiger partial charge on any atom is -0.262 e. The molecule has 70 valence electrons. The molecule has 13 heavy (non-hydrogen) atoms. The Morgan fingerprint density at radius 3 is 2.62 bits per heavy atom. The Hall–Kier alpha value is -1.05. The Balaban J connectivity index is 2.18. The highest BCUT2D eigenvalue weighted by molar-refractivity contribution is 5.32. The van der Waals surface area contributed by atoms with Crippen LogP contribution in [-0.4, -0.2) is 13.1 Å². The molecule has 0 bridgehead atoms. The molecular formula is C11H17N2+. The number of nitrogens with zero attached hydrogens (tertiary/aromatic N) is 2. The molecule has 0 radical (unpaired) electrons. The van der Waals surface area contributed by atoms with E-state index in [-0.39, 0.29) is 0 Å². The second-order valence-electron chi connectivity index (χ2n) is 3.72. The average molecular weight is 177 g/mol. The van der Waals surface area contributed by atoms with Crippen molar-refractivity contribution in [2.45, 2.75) is 19.3 Å². The number of rotatable bonds is 1. The molecule has 1 aliphatic rings. The van der Waals surface area contributed by atoms with E-state index in [4.69, 9.17) is 0 Å². The molecule has 0 saturated carbocycles. The first-order chi connectivity index (χ1) is 6.38. The van der Waals surface area contributed by atoms with Crippen LogP contribution in [-0.2, 0) is 7.05 Å². The zero-order chi connectivity index (χ0) is 9.10. The molecule has 1 aromatic rings. The molecule has 2 heterocycles. The lowest BCUT2D eigenvalue weighted by atomic mass is 10.1. The second-order valence-corrected chi connectivity index (χ2v) is 3.72. The van der Waals surface area contributed by atoms with Gasteiger partial charge in [-0.15, -0.1) is 0 Å². The predicted octanol–water partition coefficient (Wildman–Crippen LogP) is 1.50. The van der Waals surface area contributed by atoms with Crippen LogP contribution in [0.2, 0.25) is 0 Å². The number of hydrogen-bond acceptors (Lipinski definition) is 1. The molecule has 0 aromatic carbocycles. The summed E-state index contributed by atoms with van der Waals surface area (Å²) in [7, 11) is 2.12. The van der Waals surface area contributed by atoms with Gasteiger partial charge in [-0.1, -0.05) is 6.07 Å². The van der Waals surface area contributed by atoms with Gasteiger partial charge in [-0.3, -0.25) is 4.90 Å². The zero-order valence-corrected chi connectivity index (χ0v) is 8.24. The van der Waals surface area contributed by atoms with Gasteiger partial charge in [0, 0.05) is 6.07 Å². The van der Waals surface area contributed by atoms with Crippen LogP contribution in [0.1, 0.15) is 19.3 Å². The molecule has 0 amide bonds. The van der Waals surface area contributed by atoms with Crippen molar-refractivity contribution in [3.8, 4) is 0 Å². The molecule has 0 N–H and O–H groups in total. The third-order valence-electron chi connectivity index (χ3n) is 2.71. The highest BCUT2D eigenvalue weighted by Gasteiger charge is 2.19. The van der Waals surface area contributed by atoms with Crippen molar-refractivity contribution in [1.29, 1.82) is 0 Å². The topological polar surface area (TPSA) is 7.12 Å². The van der Waals surface area contributed by atoms with E-state index in [1.54, 1.807) is 0 Å². The van der Waals surface area contributed by atoms with E-state index >= 15 is 0 Å². The Morgan fingerprint density at radius 1 is 1.15 bits per heavy atom. The monoisotopic (exact) mass is 177 g/mol. The molecule has 2 heteroatoms. The third-order valence-corrected chi connectivity index (χ3v) is 2.71. The summed E-state index contributed by atoms with van der Waals surface area (Å²) in [4.78, 5) is 2.48. The highest BCUT2D eigenvalue weighted by Crippen LogP contribution is 2.14. The minimum absolute atomic E-state index is 1.22. The standard InChI is InChI=1S/C11H17N2/c1-12-8-6-3-7-11(12)13-9-4-2-5-10-13/h3,6-8H,2,4-5,9-10H2,1H3/q+1. The van der Waals surface area contributed by atoms with E-state index in [0.717, 1.165) is 0 Å². The molecule has 2 rings (SSSR count). The molecule has 0 unspecified atom stereocenters. The van der Waals surface area contributed by atoms with Gasteiger partial charge in [0.1, 0.15) is 0 Å². The van der Waals surface area contributed by atoms with E-state index in [1.165, 1.54) is 38.2 Å². The summed E-state index contributed by atoms with van der Waals surface area (Å²) in [5.74, 6) is 1.35. The number of piperidine rings is 1. The predicted molar refractivity (Wildman–Crippen MR) is 53.7 cm³/mol. The number of aryl methyl sites for hydroxylation is 1. The number of hydrogen-bond donors (Lipinski definition) is 0. The van der Waals surface area contributed by atoms with Gasteiger partial charge in [-0.05, 0) is 25.3 Å². The largest absolute Gasteiger partial charge is 0.276 e. The highest BCUT2D eigenvalue weighted by atomic mass is 15.2. The Labute approximate surface area is 79.8 Å². The van der Waals surface area contributed by atoms with Gasteiger partial charge >= 0.3 is 0 Å². The van der Waals surface area contributed by atoms with Gasteiger partial charge in [0.15, 0.2) is 0 Å². The average Bonchev–Trinajstić information content (AvgIpc) is 2.20. The molecular weight excluding hydrogens is 160 g/mol. The summed E-state index contributed by atoms with van der Waals surface area (Å²) >= 11 is 0. The third kappa shape index (κ3) is 1.82.